The zero-order valence-electron chi connectivity index (χ0n) is 12.1. The normalized spacial score (nSPS) is 24.8. The Hall–Kier alpha value is -0.610. The summed E-state index contributed by atoms with van der Waals surface area (Å²) in [5, 5.41) is 3.44. The van der Waals surface area contributed by atoms with E-state index in [4.69, 9.17) is 0 Å². The van der Waals surface area contributed by atoms with E-state index in [-0.39, 0.29) is 17.5 Å². The molecule has 0 aromatic heterocycles. The van der Waals surface area contributed by atoms with E-state index in [1.54, 1.807) is 0 Å². The molecule has 1 rings (SSSR count). The lowest BCUT2D eigenvalue weighted by Crippen LogP contribution is -2.67. The van der Waals surface area contributed by atoms with Crippen LogP contribution in [-0.4, -0.2) is 61.0 Å². The molecule has 0 aromatic rings. The highest BCUT2D eigenvalue weighted by atomic mass is 16.2. The molecule has 0 saturated carbocycles. The minimum absolute atomic E-state index is 0.00345. The molecule has 1 unspecified atom stereocenters. The molecule has 0 aliphatic carbocycles. The summed E-state index contributed by atoms with van der Waals surface area (Å²) < 4.78 is 0. The predicted molar refractivity (Wildman–Crippen MR) is 71.0 cm³/mol. The molecule has 1 amide bonds. The van der Waals surface area contributed by atoms with Crippen molar-refractivity contribution in [1.82, 2.24) is 15.1 Å². The molecule has 1 atom stereocenters. The van der Waals surface area contributed by atoms with Crippen LogP contribution in [0.4, 0.5) is 0 Å². The Balaban J connectivity index is 2.75. The molecule has 1 heterocycles. The minimum atomic E-state index is -0.0764. The van der Waals surface area contributed by atoms with E-state index in [0.717, 1.165) is 19.6 Å². The Bertz CT molecular complexity index is 250. The first-order valence-corrected chi connectivity index (χ1v) is 6.42. The number of likely N-dealkylation sites (N-methyl/N-ethyl adjacent to an activating group) is 1. The molecular weight excluding hydrogens is 214 g/mol. The molecule has 1 aliphatic rings. The van der Waals surface area contributed by atoms with Gasteiger partial charge in [-0.25, -0.2) is 0 Å². The lowest BCUT2D eigenvalue weighted by Gasteiger charge is -2.44. The van der Waals surface area contributed by atoms with Crippen LogP contribution in [-0.2, 0) is 4.79 Å². The third kappa shape index (κ3) is 4.28. The van der Waals surface area contributed by atoms with Crippen molar-refractivity contribution in [3.05, 3.63) is 0 Å². The number of piperazine rings is 1. The zero-order chi connectivity index (χ0) is 13.2. The highest BCUT2D eigenvalue weighted by Gasteiger charge is 2.37. The van der Waals surface area contributed by atoms with Gasteiger partial charge in [0.2, 0.25) is 5.91 Å². The van der Waals surface area contributed by atoms with Crippen molar-refractivity contribution in [3.63, 3.8) is 0 Å². The fraction of sp³-hybridized carbons (Fsp3) is 0.923. The van der Waals surface area contributed by atoms with Gasteiger partial charge in [-0.3, -0.25) is 10.1 Å². The van der Waals surface area contributed by atoms with Crippen LogP contribution in [0.2, 0.25) is 0 Å². The van der Waals surface area contributed by atoms with Crippen LogP contribution in [0.1, 0.15) is 27.7 Å². The number of amides is 1. The molecule has 0 bridgehead atoms. The molecule has 100 valence electrons. The van der Waals surface area contributed by atoms with Gasteiger partial charge >= 0.3 is 0 Å². The van der Waals surface area contributed by atoms with Crippen molar-refractivity contribution in [1.29, 1.82) is 0 Å². The number of hydrogen-bond acceptors (Lipinski definition) is 3. The molecule has 1 saturated heterocycles. The fourth-order valence-corrected chi connectivity index (χ4v) is 2.44. The van der Waals surface area contributed by atoms with Crippen LogP contribution >= 0.6 is 0 Å². The van der Waals surface area contributed by atoms with E-state index < -0.39 is 0 Å². The van der Waals surface area contributed by atoms with Crippen LogP contribution in [0.15, 0.2) is 0 Å². The smallest absolute Gasteiger partial charge is 0.241 e. The number of carbonyl (C=O) groups excluding carboxylic acids is 1. The second-order valence-corrected chi connectivity index (χ2v) is 6.46. The van der Waals surface area contributed by atoms with Gasteiger partial charge in [0, 0.05) is 25.2 Å². The summed E-state index contributed by atoms with van der Waals surface area (Å²) in [5.74, 6) is 0.764. The van der Waals surface area contributed by atoms with E-state index >= 15 is 0 Å². The molecule has 0 aromatic carbocycles. The van der Waals surface area contributed by atoms with Crippen molar-refractivity contribution in [2.24, 2.45) is 5.92 Å². The lowest BCUT2D eigenvalue weighted by molar-refractivity contribution is -0.139. The molecular formula is C13H27N3O. The molecule has 4 nitrogen and oxygen atoms in total. The average molecular weight is 241 g/mol. The van der Waals surface area contributed by atoms with E-state index in [9.17, 15) is 4.79 Å². The van der Waals surface area contributed by atoms with E-state index in [1.807, 2.05) is 19.0 Å². The van der Waals surface area contributed by atoms with Gasteiger partial charge in [-0.05, 0) is 33.9 Å². The summed E-state index contributed by atoms with van der Waals surface area (Å²) in [6.07, 6.45) is 0. The first-order valence-electron chi connectivity index (χ1n) is 6.42. The Morgan fingerprint density at radius 2 is 2.06 bits per heavy atom. The van der Waals surface area contributed by atoms with Gasteiger partial charge in [-0.2, -0.15) is 0 Å². The lowest BCUT2D eigenvalue weighted by atomic mass is 9.97. The monoisotopic (exact) mass is 241 g/mol. The maximum absolute atomic E-state index is 12.3. The summed E-state index contributed by atoms with van der Waals surface area (Å²) in [4.78, 5) is 16.4. The number of nitrogens with one attached hydrogen (secondary N) is 1. The van der Waals surface area contributed by atoms with Crippen molar-refractivity contribution < 1.29 is 4.79 Å². The van der Waals surface area contributed by atoms with Crippen molar-refractivity contribution in [2.45, 2.75) is 39.3 Å². The number of hydrogen-bond donors (Lipinski definition) is 1. The van der Waals surface area contributed by atoms with Crippen LogP contribution < -0.4 is 5.32 Å². The van der Waals surface area contributed by atoms with Crippen LogP contribution in [0.3, 0.4) is 0 Å². The average Bonchev–Trinajstić information content (AvgIpc) is 2.10. The van der Waals surface area contributed by atoms with Crippen molar-refractivity contribution in [3.8, 4) is 0 Å². The highest BCUT2D eigenvalue weighted by Crippen LogP contribution is 2.17. The van der Waals surface area contributed by atoms with Gasteiger partial charge in [0.15, 0.2) is 0 Å². The summed E-state index contributed by atoms with van der Waals surface area (Å²) >= 11 is 0. The first kappa shape index (κ1) is 14.5. The molecule has 17 heavy (non-hydrogen) atoms. The summed E-state index contributed by atoms with van der Waals surface area (Å²) in [6, 6.07) is -0.0764. The first-order chi connectivity index (χ1) is 7.71. The third-order valence-electron chi connectivity index (χ3n) is 2.89. The number of rotatable bonds is 4. The van der Waals surface area contributed by atoms with E-state index in [0.29, 0.717) is 5.92 Å². The van der Waals surface area contributed by atoms with Crippen molar-refractivity contribution in [2.75, 3.05) is 33.7 Å². The van der Waals surface area contributed by atoms with Gasteiger partial charge in [-0.15, -0.1) is 0 Å². The summed E-state index contributed by atoms with van der Waals surface area (Å²) in [6.45, 7) is 11.1. The zero-order valence-corrected chi connectivity index (χ0v) is 12.1. The summed E-state index contributed by atoms with van der Waals surface area (Å²) in [5.41, 5.74) is 0.00345. The van der Waals surface area contributed by atoms with Crippen LogP contribution in [0.5, 0.6) is 0 Å². The molecule has 1 N–H and O–H groups in total. The predicted octanol–water partition coefficient (Wildman–Crippen LogP) is 0.783. The fourth-order valence-electron chi connectivity index (χ4n) is 2.44. The summed E-state index contributed by atoms with van der Waals surface area (Å²) in [7, 11) is 4.01. The second-order valence-electron chi connectivity index (χ2n) is 6.46. The minimum Gasteiger partial charge on any atom is -0.339 e. The standard InChI is InChI=1S/C13H27N3O/c1-10(2)7-16-9-13(3,4)14-11(12(16)17)8-15(5)6/h10-11,14H,7-9H2,1-6H3. The Kier molecular flexibility index (Phi) is 4.55. The van der Waals surface area contributed by atoms with Crippen LogP contribution in [0.25, 0.3) is 0 Å². The van der Waals surface area contributed by atoms with E-state index in [2.05, 4.69) is 37.9 Å². The van der Waals surface area contributed by atoms with Gasteiger partial charge in [-0.1, -0.05) is 13.8 Å². The SMILES string of the molecule is CC(C)CN1CC(C)(C)NC(CN(C)C)C1=O. The topological polar surface area (TPSA) is 35.6 Å². The Labute approximate surface area is 105 Å². The third-order valence-corrected chi connectivity index (χ3v) is 2.89. The molecule has 1 aliphatic heterocycles. The van der Waals surface area contributed by atoms with Gasteiger partial charge in [0.1, 0.15) is 6.04 Å². The van der Waals surface area contributed by atoms with Crippen molar-refractivity contribution >= 4 is 5.91 Å². The van der Waals surface area contributed by atoms with E-state index in [1.165, 1.54) is 0 Å². The van der Waals surface area contributed by atoms with Gasteiger partial charge in [0.05, 0.1) is 0 Å². The molecule has 0 spiro atoms. The molecule has 4 heteroatoms. The Morgan fingerprint density at radius 3 is 2.53 bits per heavy atom. The number of carbonyl (C=O) groups is 1. The highest BCUT2D eigenvalue weighted by molar-refractivity contribution is 5.83. The second kappa shape index (κ2) is 5.36. The Morgan fingerprint density at radius 1 is 1.47 bits per heavy atom. The number of nitrogens with zero attached hydrogens (tertiary/aromatic N) is 2. The van der Waals surface area contributed by atoms with Crippen LogP contribution in [0, 0.1) is 5.92 Å². The molecule has 0 radical (unpaired) electrons. The van der Waals surface area contributed by atoms with Gasteiger partial charge < -0.3 is 9.80 Å². The quantitative estimate of drug-likeness (QED) is 0.790. The maximum Gasteiger partial charge on any atom is 0.241 e. The largest absolute Gasteiger partial charge is 0.339 e. The maximum atomic E-state index is 12.3. The van der Waals surface area contributed by atoms with Gasteiger partial charge in [0.25, 0.3) is 0 Å². The molecule has 1 fully saturated rings.